The molecule has 0 radical (unpaired) electrons. The molecular weight excluding hydrogens is 348 g/mol. The average Bonchev–Trinajstić information content (AvgIpc) is 3.02. The number of amidine groups is 1. The maximum absolute atomic E-state index is 12.5. The largest absolute Gasteiger partial charge is 0.323 e. The van der Waals surface area contributed by atoms with Crippen molar-refractivity contribution in [1.82, 2.24) is 15.4 Å². The van der Waals surface area contributed by atoms with Gasteiger partial charge < -0.3 is 15.3 Å². The molecule has 0 unspecified atom stereocenters. The monoisotopic (exact) mass is 364 g/mol. The fraction of sp³-hybridized carbons (Fsp3) is 0.111. The van der Waals surface area contributed by atoms with E-state index in [1.807, 2.05) is 19.1 Å². The Labute approximate surface area is 153 Å². The maximum atomic E-state index is 12.5. The van der Waals surface area contributed by atoms with Crippen molar-refractivity contribution in [2.75, 3.05) is 16.9 Å². The van der Waals surface area contributed by atoms with Gasteiger partial charge in [0.05, 0.1) is 16.7 Å². The molecule has 0 atom stereocenters. The lowest BCUT2D eigenvalue weighted by Crippen LogP contribution is -2.54. The van der Waals surface area contributed by atoms with Gasteiger partial charge in [-0.2, -0.15) is 0 Å². The van der Waals surface area contributed by atoms with Crippen molar-refractivity contribution in [3.05, 3.63) is 58.5 Å². The second-order valence-electron chi connectivity index (χ2n) is 6.13. The number of aryl methyl sites for hydroxylation is 1. The van der Waals surface area contributed by atoms with E-state index in [1.54, 1.807) is 30.3 Å². The second kappa shape index (κ2) is 6.45. The van der Waals surface area contributed by atoms with Gasteiger partial charge in [0.25, 0.3) is 11.8 Å². The molecule has 2 aromatic carbocycles. The highest BCUT2D eigenvalue weighted by Gasteiger charge is 2.25. The topological polar surface area (TPSA) is 122 Å². The lowest BCUT2D eigenvalue weighted by atomic mass is 10.2. The number of hydrogen-bond donors (Lipinski definition) is 4. The summed E-state index contributed by atoms with van der Waals surface area (Å²) in [5, 5.41) is 4.00. The number of amides is 2. The fourth-order valence-corrected chi connectivity index (χ4v) is 2.75. The molecule has 136 valence electrons. The molecule has 0 fully saturated rings. The zero-order valence-corrected chi connectivity index (χ0v) is 14.4. The smallest absolute Gasteiger partial charge is 0.319 e. The van der Waals surface area contributed by atoms with Gasteiger partial charge >= 0.3 is 5.69 Å². The lowest BCUT2D eigenvalue weighted by molar-refractivity contribution is -0.118. The lowest BCUT2D eigenvalue weighted by Gasteiger charge is -2.27. The Balaban J connectivity index is 1.53. The van der Waals surface area contributed by atoms with Crippen LogP contribution in [0.15, 0.2) is 52.3 Å². The number of nitrogens with one attached hydrogen (secondary N) is 4. The number of anilines is 2. The molecule has 0 saturated heterocycles. The molecule has 0 spiro atoms. The molecule has 9 nitrogen and oxygen atoms in total. The number of nitrogens with zero attached hydrogens (tertiary/aromatic N) is 2. The van der Waals surface area contributed by atoms with E-state index in [2.05, 4.69) is 25.7 Å². The van der Waals surface area contributed by atoms with E-state index in [1.165, 1.54) is 5.01 Å². The molecule has 4 rings (SSSR count). The van der Waals surface area contributed by atoms with Gasteiger partial charge in [0.2, 0.25) is 5.84 Å². The Morgan fingerprint density at radius 3 is 2.59 bits per heavy atom. The van der Waals surface area contributed by atoms with E-state index in [9.17, 15) is 14.4 Å². The van der Waals surface area contributed by atoms with Crippen molar-refractivity contribution in [3.63, 3.8) is 0 Å². The standard InChI is InChI=1S/C18H16N6O3/c1-10-2-5-12(6-3-10)24-15(25)9-19-16(23-24)17(26)20-11-4-7-13-14(8-11)22-18(27)21-13/h2-8H,9H2,1H3,(H,19,23)(H,20,26)(H2,21,22,27). The minimum absolute atomic E-state index is 0.0258. The van der Waals surface area contributed by atoms with Crippen LogP contribution in [-0.4, -0.2) is 34.2 Å². The zero-order valence-electron chi connectivity index (χ0n) is 14.4. The third kappa shape index (κ3) is 3.30. The van der Waals surface area contributed by atoms with Gasteiger partial charge in [0.1, 0.15) is 6.54 Å². The van der Waals surface area contributed by atoms with Crippen LogP contribution in [0.4, 0.5) is 11.4 Å². The molecule has 3 aromatic rings. The van der Waals surface area contributed by atoms with Crippen LogP contribution in [0.1, 0.15) is 5.56 Å². The highest BCUT2D eigenvalue weighted by molar-refractivity contribution is 6.43. The summed E-state index contributed by atoms with van der Waals surface area (Å²) in [6, 6.07) is 12.3. The zero-order chi connectivity index (χ0) is 19.0. The van der Waals surface area contributed by atoms with Crippen molar-refractivity contribution in [3.8, 4) is 0 Å². The van der Waals surface area contributed by atoms with Crippen LogP contribution in [0.5, 0.6) is 0 Å². The first-order valence-corrected chi connectivity index (χ1v) is 8.24. The number of aromatic nitrogens is 2. The number of hydrogen-bond acceptors (Lipinski definition) is 5. The van der Waals surface area contributed by atoms with Gasteiger partial charge in [-0.15, -0.1) is 0 Å². The van der Waals surface area contributed by atoms with Crippen molar-refractivity contribution < 1.29 is 9.59 Å². The Kier molecular flexibility index (Phi) is 3.96. The van der Waals surface area contributed by atoms with Gasteiger partial charge in [0.15, 0.2) is 0 Å². The Morgan fingerprint density at radius 1 is 1.07 bits per heavy atom. The number of imidazole rings is 1. The Bertz CT molecular complexity index is 1130. The number of benzene rings is 2. The van der Waals surface area contributed by atoms with E-state index < -0.39 is 5.91 Å². The van der Waals surface area contributed by atoms with Crippen LogP contribution in [0.25, 0.3) is 11.0 Å². The summed E-state index contributed by atoms with van der Waals surface area (Å²) in [5.74, 6) is -0.726. The molecule has 0 aliphatic carbocycles. The Morgan fingerprint density at radius 2 is 1.81 bits per heavy atom. The van der Waals surface area contributed by atoms with E-state index in [4.69, 9.17) is 0 Å². The van der Waals surface area contributed by atoms with Crippen LogP contribution >= 0.6 is 0 Å². The minimum atomic E-state index is -0.489. The molecule has 0 saturated carbocycles. The van der Waals surface area contributed by atoms with Crippen LogP contribution in [0, 0.1) is 6.92 Å². The van der Waals surface area contributed by atoms with E-state index in [0.717, 1.165) is 5.56 Å². The number of aliphatic imine (C=N–C) groups is 1. The molecule has 2 amide bonds. The predicted octanol–water partition coefficient (Wildman–Crippen LogP) is 1.05. The minimum Gasteiger partial charge on any atom is -0.319 e. The van der Waals surface area contributed by atoms with Crippen molar-refractivity contribution in [2.45, 2.75) is 6.92 Å². The van der Waals surface area contributed by atoms with Crippen molar-refractivity contribution in [2.24, 2.45) is 4.99 Å². The van der Waals surface area contributed by atoms with Crippen LogP contribution < -0.4 is 21.4 Å². The molecule has 2 heterocycles. The molecule has 1 aliphatic heterocycles. The Hall–Kier alpha value is -3.88. The van der Waals surface area contributed by atoms with Gasteiger partial charge in [-0.1, -0.05) is 17.7 Å². The molecular formula is C18H16N6O3. The average molecular weight is 364 g/mol. The number of rotatable bonds is 3. The highest BCUT2D eigenvalue weighted by atomic mass is 16.2. The molecule has 9 heteroatoms. The summed E-state index contributed by atoms with van der Waals surface area (Å²) in [7, 11) is 0. The summed E-state index contributed by atoms with van der Waals surface area (Å²) >= 11 is 0. The fourth-order valence-electron chi connectivity index (χ4n) is 2.75. The summed E-state index contributed by atoms with van der Waals surface area (Å²) in [5.41, 5.74) is 5.83. The van der Waals surface area contributed by atoms with Crippen molar-refractivity contribution >= 4 is 40.1 Å². The molecule has 0 bridgehead atoms. The summed E-state index contributed by atoms with van der Waals surface area (Å²) in [6.07, 6.45) is 0. The second-order valence-corrected chi connectivity index (χ2v) is 6.13. The summed E-state index contributed by atoms with van der Waals surface area (Å²) < 4.78 is 0. The van der Waals surface area contributed by atoms with Crippen LogP contribution in [-0.2, 0) is 9.59 Å². The maximum Gasteiger partial charge on any atom is 0.323 e. The first-order chi connectivity index (χ1) is 13.0. The quantitative estimate of drug-likeness (QED) is 0.555. The van der Waals surface area contributed by atoms with Gasteiger partial charge in [-0.05, 0) is 37.3 Å². The normalized spacial score (nSPS) is 14.0. The van der Waals surface area contributed by atoms with E-state index in [0.29, 0.717) is 22.4 Å². The molecule has 1 aromatic heterocycles. The number of carbonyl (C=O) groups excluding carboxylic acids is 2. The molecule has 4 N–H and O–H groups in total. The first kappa shape index (κ1) is 16.6. The highest BCUT2D eigenvalue weighted by Crippen LogP contribution is 2.17. The van der Waals surface area contributed by atoms with Gasteiger partial charge in [-0.3, -0.25) is 20.0 Å². The number of hydrazine groups is 1. The van der Waals surface area contributed by atoms with Crippen molar-refractivity contribution in [1.29, 1.82) is 0 Å². The summed E-state index contributed by atoms with van der Waals surface area (Å²) in [4.78, 5) is 45.3. The number of carbonyl (C=O) groups is 2. The number of aromatic amines is 2. The van der Waals surface area contributed by atoms with Gasteiger partial charge in [0, 0.05) is 5.69 Å². The number of fused-ring (bicyclic) bond motifs is 1. The predicted molar refractivity (Wildman–Crippen MR) is 102 cm³/mol. The van der Waals surface area contributed by atoms with E-state index in [-0.39, 0.29) is 24.0 Å². The van der Waals surface area contributed by atoms with Crippen LogP contribution in [0.3, 0.4) is 0 Å². The van der Waals surface area contributed by atoms with E-state index >= 15 is 0 Å². The SMILES string of the molecule is Cc1ccc(N2NC(C(=O)Nc3ccc4[nH]c(=O)[nH]c4c3)=NCC2=O)cc1. The molecule has 1 aliphatic rings. The molecule has 27 heavy (non-hydrogen) atoms. The third-order valence-electron chi connectivity index (χ3n) is 4.12. The van der Waals surface area contributed by atoms with Crippen LogP contribution in [0.2, 0.25) is 0 Å². The third-order valence-corrected chi connectivity index (χ3v) is 4.12. The number of H-pyrrole nitrogens is 2. The van der Waals surface area contributed by atoms with Gasteiger partial charge in [-0.25, -0.2) is 9.80 Å². The summed E-state index contributed by atoms with van der Waals surface area (Å²) in [6.45, 7) is 1.82. The first-order valence-electron chi connectivity index (χ1n) is 8.24.